The molecule has 0 saturated carbocycles. The predicted octanol–water partition coefficient (Wildman–Crippen LogP) is 1.39. The van der Waals surface area contributed by atoms with Gasteiger partial charge in [-0.05, 0) is 47.1 Å². The van der Waals surface area contributed by atoms with Gasteiger partial charge < -0.3 is 10.2 Å². The normalized spacial score (nSPS) is 23.5. The van der Waals surface area contributed by atoms with Crippen LogP contribution in [-0.2, 0) is 4.79 Å². The maximum atomic E-state index is 12.1. The van der Waals surface area contributed by atoms with E-state index in [2.05, 4.69) is 19.2 Å². The molecule has 1 saturated heterocycles. The van der Waals surface area contributed by atoms with Gasteiger partial charge in [-0.15, -0.1) is 0 Å². The molecule has 1 amide bonds. The summed E-state index contributed by atoms with van der Waals surface area (Å²) in [5, 5.41) is 3.30. The SMILES string of the molecule is CC(C)N1CCCCNC(C)(C)C1=O. The van der Waals surface area contributed by atoms with Gasteiger partial charge in [-0.25, -0.2) is 0 Å². The maximum absolute atomic E-state index is 12.1. The van der Waals surface area contributed by atoms with Crippen LogP contribution in [0.2, 0.25) is 0 Å². The molecule has 1 rings (SSSR count). The Labute approximate surface area is 86.9 Å². The molecule has 3 heteroatoms. The molecule has 0 atom stereocenters. The summed E-state index contributed by atoms with van der Waals surface area (Å²) < 4.78 is 0. The highest BCUT2D eigenvalue weighted by atomic mass is 16.2. The van der Waals surface area contributed by atoms with Crippen LogP contribution in [0.3, 0.4) is 0 Å². The highest BCUT2D eigenvalue weighted by molar-refractivity contribution is 5.85. The first kappa shape index (κ1) is 11.5. The van der Waals surface area contributed by atoms with Crippen LogP contribution >= 0.6 is 0 Å². The van der Waals surface area contributed by atoms with Gasteiger partial charge in [0.2, 0.25) is 5.91 Å². The van der Waals surface area contributed by atoms with E-state index in [9.17, 15) is 4.79 Å². The van der Waals surface area contributed by atoms with Gasteiger partial charge in [0.15, 0.2) is 0 Å². The predicted molar refractivity (Wildman–Crippen MR) is 58.2 cm³/mol. The molecular weight excluding hydrogens is 176 g/mol. The molecule has 1 fully saturated rings. The van der Waals surface area contributed by atoms with E-state index in [0.29, 0.717) is 6.04 Å². The third-order valence-electron chi connectivity index (χ3n) is 2.81. The molecule has 0 radical (unpaired) electrons. The van der Waals surface area contributed by atoms with E-state index >= 15 is 0 Å². The van der Waals surface area contributed by atoms with Gasteiger partial charge in [0.25, 0.3) is 0 Å². The number of amides is 1. The number of carbonyl (C=O) groups excluding carboxylic acids is 1. The highest BCUT2D eigenvalue weighted by Crippen LogP contribution is 2.14. The van der Waals surface area contributed by atoms with Gasteiger partial charge in [-0.3, -0.25) is 4.79 Å². The smallest absolute Gasteiger partial charge is 0.242 e. The average Bonchev–Trinajstić information content (AvgIpc) is 2.07. The maximum Gasteiger partial charge on any atom is 0.242 e. The van der Waals surface area contributed by atoms with Crippen LogP contribution in [0.25, 0.3) is 0 Å². The van der Waals surface area contributed by atoms with Gasteiger partial charge in [-0.1, -0.05) is 0 Å². The second-order valence-corrected chi connectivity index (χ2v) is 4.85. The van der Waals surface area contributed by atoms with E-state index in [0.717, 1.165) is 25.9 Å². The fourth-order valence-electron chi connectivity index (χ4n) is 1.84. The number of carbonyl (C=O) groups is 1. The Morgan fingerprint density at radius 1 is 1.36 bits per heavy atom. The molecule has 14 heavy (non-hydrogen) atoms. The molecule has 0 aromatic carbocycles. The first-order valence-corrected chi connectivity index (χ1v) is 5.51. The molecule has 0 aliphatic carbocycles. The van der Waals surface area contributed by atoms with E-state index in [1.54, 1.807) is 0 Å². The van der Waals surface area contributed by atoms with Crippen LogP contribution in [0.4, 0.5) is 0 Å². The van der Waals surface area contributed by atoms with Crippen molar-refractivity contribution in [1.29, 1.82) is 0 Å². The largest absolute Gasteiger partial charge is 0.339 e. The highest BCUT2D eigenvalue weighted by Gasteiger charge is 2.33. The second-order valence-electron chi connectivity index (χ2n) is 4.85. The summed E-state index contributed by atoms with van der Waals surface area (Å²) in [5.41, 5.74) is -0.398. The molecule has 82 valence electrons. The molecule has 3 nitrogen and oxygen atoms in total. The Morgan fingerprint density at radius 2 is 2.00 bits per heavy atom. The average molecular weight is 198 g/mol. The molecule has 1 aliphatic rings. The van der Waals surface area contributed by atoms with Crippen LogP contribution in [-0.4, -0.2) is 35.5 Å². The van der Waals surface area contributed by atoms with Crippen LogP contribution < -0.4 is 5.32 Å². The second kappa shape index (κ2) is 4.30. The summed E-state index contributed by atoms with van der Waals surface area (Å²) in [6.45, 7) is 9.95. The molecule has 0 spiro atoms. The molecule has 1 N–H and O–H groups in total. The van der Waals surface area contributed by atoms with Gasteiger partial charge in [-0.2, -0.15) is 0 Å². The first-order chi connectivity index (χ1) is 6.45. The van der Waals surface area contributed by atoms with Crippen molar-refractivity contribution in [3.05, 3.63) is 0 Å². The monoisotopic (exact) mass is 198 g/mol. The Morgan fingerprint density at radius 3 is 2.57 bits per heavy atom. The first-order valence-electron chi connectivity index (χ1n) is 5.51. The van der Waals surface area contributed by atoms with Crippen molar-refractivity contribution in [3.63, 3.8) is 0 Å². The summed E-state index contributed by atoms with van der Waals surface area (Å²) in [4.78, 5) is 14.1. The van der Waals surface area contributed by atoms with Crippen LogP contribution in [0.5, 0.6) is 0 Å². The van der Waals surface area contributed by atoms with E-state index in [-0.39, 0.29) is 5.91 Å². The molecular formula is C11H22N2O. The summed E-state index contributed by atoms with van der Waals surface area (Å²) in [5.74, 6) is 0.229. The Bertz CT molecular complexity index is 211. The number of rotatable bonds is 1. The van der Waals surface area contributed by atoms with Crippen LogP contribution in [0, 0.1) is 0 Å². The van der Waals surface area contributed by atoms with Gasteiger partial charge in [0.05, 0.1) is 5.54 Å². The third kappa shape index (κ3) is 2.47. The summed E-state index contributed by atoms with van der Waals surface area (Å²) in [7, 11) is 0. The zero-order valence-corrected chi connectivity index (χ0v) is 9.76. The van der Waals surface area contributed by atoms with Gasteiger partial charge >= 0.3 is 0 Å². The molecule has 0 unspecified atom stereocenters. The standard InChI is InChI=1S/C11H22N2O/c1-9(2)13-8-6-5-7-12-11(3,4)10(13)14/h9,12H,5-8H2,1-4H3. The fraction of sp³-hybridized carbons (Fsp3) is 0.909. The molecule has 1 heterocycles. The topological polar surface area (TPSA) is 32.3 Å². The van der Waals surface area contributed by atoms with Crippen molar-refractivity contribution in [1.82, 2.24) is 10.2 Å². The van der Waals surface area contributed by atoms with Crippen molar-refractivity contribution in [2.45, 2.75) is 52.1 Å². The van der Waals surface area contributed by atoms with Crippen molar-refractivity contribution in [2.75, 3.05) is 13.1 Å². The fourth-order valence-corrected chi connectivity index (χ4v) is 1.84. The molecule has 0 aromatic heterocycles. The van der Waals surface area contributed by atoms with E-state index in [4.69, 9.17) is 0 Å². The lowest BCUT2D eigenvalue weighted by molar-refractivity contribution is -0.139. The van der Waals surface area contributed by atoms with Gasteiger partial charge in [0, 0.05) is 12.6 Å². The summed E-state index contributed by atoms with van der Waals surface area (Å²) in [6.07, 6.45) is 2.26. The number of hydrogen-bond donors (Lipinski definition) is 1. The van der Waals surface area contributed by atoms with Crippen molar-refractivity contribution < 1.29 is 4.79 Å². The third-order valence-corrected chi connectivity index (χ3v) is 2.81. The lowest BCUT2D eigenvalue weighted by Gasteiger charge is -2.37. The lowest BCUT2D eigenvalue weighted by atomic mass is 10.00. The Balaban J connectivity index is 2.78. The summed E-state index contributed by atoms with van der Waals surface area (Å²) >= 11 is 0. The Hall–Kier alpha value is -0.570. The quantitative estimate of drug-likeness (QED) is 0.690. The summed E-state index contributed by atoms with van der Waals surface area (Å²) in [6, 6.07) is 0.307. The molecule has 1 aliphatic heterocycles. The van der Waals surface area contributed by atoms with E-state index in [1.165, 1.54) is 0 Å². The Kier molecular flexibility index (Phi) is 3.53. The lowest BCUT2D eigenvalue weighted by Crippen LogP contribution is -2.57. The van der Waals surface area contributed by atoms with Crippen LogP contribution in [0.15, 0.2) is 0 Å². The molecule has 0 aromatic rings. The van der Waals surface area contributed by atoms with Crippen LogP contribution in [0.1, 0.15) is 40.5 Å². The van der Waals surface area contributed by atoms with E-state index < -0.39 is 5.54 Å². The minimum Gasteiger partial charge on any atom is -0.339 e. The number of nitrogens with one attached hydrogen (secondary N) is 1. The molecule has 0 bridgehead atoms. The zero-order valence-electron chi connectivity index (χ0n) is 9.76. The van der Waals surface area contributed by atoms with Crippen molar-refractivity contribution in [3.8, 4) is 0 Å². The minimum absolute atomic E-state index is 0.229. The number of hydrogen-bond acceptors (Lipinski definition) is 2. The van der Waals surface area contributed by atoms with Crippen molar-refractivity contribution in [2.24, 2.45) is 0 Å². The minimum atomic E-state index is -0.398. The van der Waals surface area contributed by atoms with Crippen molar-refractivity contribution >= 4 is 5.91 Å². The van der Waals surface area contributed by atoms with Gasteiger partial charge in [0.1, 0.15) is 0 Å². The number of nitrogens with zero attached hydrogens (tertiary/aromatic N) is 1. The van der Waals surface area contributed by atoms with E-state index in [1.807, 2.05) is 18.7 Å². The zero-order chi connectivity index (χ0) is 10.8.